The maximum Gasteiger partial charge on any atom is 0.277 e. The number of oxazole rings is 1. The number of pyridine rings is 1. The number of amides is 2. The number of carbonyl (C=O) groups excluding carboxylic acids is 2. The Kier molecular flexibility index (Phi) is 4.85. The molecule has 3 aromatic rings. The number of nitrogens with zero attached hydrogens (tertiary/aromatic N) is 4. The number of hydrogen-bond donors (Lipinski definition) is 2. The van der Waals surface area contributed by atoms with Crippen LogP contribution < -0.4 is 11.1 Å². The molecule has 29 heavy (non-hydrogen) atoms. The van der Waals surface area contributed by atoms with E-state index in [1.807, 2.05) is 13.8 Å². The fourth-order valence-electron chi connectivity index (χ4n) is 3.28. The Morgan fingerprint density at radius 2 is 2.21 bits per heavy atom. The Labute approximate surface area is 166 Å². The summed E-state index contributed by atoms with van der Waals surface area (Å²) in [6.07, 6.45) is 5.17. The topological polar surface area (TPSA) is 138 Å². The first-order valence-corrected chi connectivity index (χ1v) is 9.13. The smallest absolute Gasteiger partial charge is 0.277 e. The van der Waals surface area contributed by atoms with Gasteiger partial charge in [0.15, 0.2) is 11.4 Å². The van der Waals surface area contributed by atoms with Crippen LogP contribution in [0.3, 0.4) is 0 Å². The average Bonchev–Trinajstić information content (AvgIpc) is 3.40. The van der Waals surface area contributed by atoms with E-state index in [0.29, 0.717) is 18.1 Å². The minimum absolute atomic E-state index is 0.0223. The quantitative estimate of drug-likeness (QED) is 0.672. The van der Waals surface area contributed by atoms with Crippen molar-refractivity contribution in [2.75, 3.05) is 11.9 Å². The molecule has 10 heteroatoms. The molecule has 0 aliphatic carbocycles. The molecule has 1 aliphatic rings. The molecule has 0 saturated carbocycles. The maximum absolute atomic E-state index is 12.6. The summed E-state index contributed by atoms with van der Waals surface area (Å²) in [5, 5.41) is 6.89. The minimum Gasteiger partial charge on any atom is -0.444 e. The summed E-state index contributed by atoms with van der Waals surface area (Å²) >= 11 is 0. The number of nitrogens with two attached hydrogens (primary N) is 1. The van der Waals surface area contributed by atoms with E-state index in [1.165, 1.54) is 6.26 Å². The van der Waals surface area contributed by atoms with E-state index in [0.717, 1.165) is 12.1 Å². The Balaban J connectivity index is 1.57. The van der Waals surface area contributed by atoms with Gasteiger partial charge < -0.3 is 20.2 Å². The van der Waals surface area contributed by atoms with Crippen LogP contribution in [0.4, 0.5) is 5.69 Å². The van der Waals surface area contributed by atoms with Crippen LogP contribution >= 0.6 is 0 Å². The third-order valence-electron chi connectivity index (χ3n) is 4.77. The van der Waals surface area contributed by atoms with E-state index in [2.05, 4.69) is 20.4 Å². The van der Waals surface area contributed by atoms with Crippen LogP contribution in [0, 0.1) is 6.92 Å². The van der Waals surface area contributed by atoms with Gasteiger partial charge in [0.2, 0.25) is 5.89 Å². The van der Waals surface area contributed by atoms with Crippen LogP contribution in [-0.4, -0.2) is 44.3 Å². The average molecular weight is 396 g/mol. The Morgan fingerprint density at radius 1 is 1.38 bits per heavy atom. The molecule has 3 N–H and O–H groups in total. The number of rotatable bonds is 5. The molecule has 0 aromatic carbocycles. The van der Waals surface area contributed by atoms with E-state index in [4.69, 9.17) is 14.9 Å². The molecular weight excluding hydrogens is 376 g/mol. The zero-order valence-corrected chi connectivity index (χ0v) is 16.0. The second kappa shape index (κ2) is 7.47. The second-order valence-corrected chi connectivity index (χ2v) is 6.85. The fraction of sp³-hybridized carbons (Fsp3) is 0.316. The van der Waals surface area contributed by atoms with Crippen LogP contribution in [0.5, 0.6) is 0 Å². The third kappa shape index (κ3) is 3.74. The van der Waals surface area contributed by atoms with Gasteiger partial charge in [-0.25, -0.2) is 4.98 Å². The fourth-order valence-corrected chi connectivity index (χ4v) is 3.28. The van der Waals surface area contributed by atoms with Crippen LogP contribution in [-0.2, 0) is 4.74 Å². The molecule has 1 aliphatic heterocycles. The summed E-state index contributed by atoms with van der Waals surface area (Å²) in [6, 6.07) is 3.50. The maximum atomic E-state index is 12.6. The number of primary amides is 1. The summed E-state index contributed by atoms with van der Waals surface area (Å²) < 4.78 is 12.6. The monoisotopic (exact) mass is 396 g/mol. The van der Waals surface area contributed by atoms with Crippen molar-refractivity contribution < 1.29 is 18.7 Å². The van der Waals surface area contributed by atoms with Gasteiger partial charge in [0, 0.05) is 30.3 Å². The number of ether oxygens (including phenoxy) is 1. The number of anilines is 1. The predicted molar refractivity (Wildman–Crippen MR) is 102 cm³/mol. The molecule has 150 valence electrons. The molecule has 1 fully saturated rings. The van der Waals surface area contributed by atoms with E-state index >= 15 is 0 Å². The van der Waals surface area contributed by atoms with Gasteiger partial charge >= 0.3 is 0 Å². The molecule has 1 saturated heterocycles. The highest BCUT2D eigenvalue weighted by atomic mass is 16.5. The molecular formula is C19H20N6O4. The van der Waals surface area contributed by atoms with Crippen molar-refractivity contribution in [3.05, 3.63) is 47.9 Å². The van der Waals surface area contributed by atoms with Crippen molar-refractivity contribution in [3.8, 4) is 11.5 Å². The summed E-state index contributed by atoms with van der Waals surface area (Å²) in [4.78, 5) is 32.8. The first kappa shape index (κ1) is 18.8. The molecule has 4 heterocycles. The van der Waals surface area contributed by atoms with E-state index in [9.17, 15) is 9.59 Å². The highest BCUT2D eigenvalue weighted by Gasteiger charge is 2.29. The van der Waals surface area contributed by atoms with Crippen LogP contribution in [0.1, 0.15) is 46.1 Å². The van der Waals surface area contributed by atoms with Crippen molar-refractivity contribution in [1.29, 1.82) is 0 Å². The van der Waals surface area contributed by atoms with Gasteiger partial charge in [-0.15, -0.1) is 0 Å². The van der Waals surface area contributed by atoms with Gasteiger partial charge in [0.25, 0.3) is 11.8 Å². The highest BCUT2D eigenvalue weighted by Crippen LogP contribution is 2.28. The summed E-state index contributed by atoms with van der Waals surface area (Å²) in [5.41, 5.74) is 7.20. The molecule has 0 unspecified atom stereocenters. The molecule has 2 amide bonds. The summed E-state index contributed by atoms with van der Waals surface area (Å²) in [7, 11) is 0. The Morgan fingerprint density at radius 3 is 2.90 bits per heavy atom. The lowest BCUT2D eigenvalue weighted by Crippen LogP contribution is -2.19. The van der Waals surface area contributed by atoms with Crippen LogP contribution in [0.2, 0.25) is 0 Å². The lowest BCUT2D eigenvalue weighted by atomic mass is 10.2. The lowest BCUT2D eigenvalue weighted by molar-refractivity contribution is 0.0984. The first-order chi connectivity index (χ1) is 13.9. The van der Waals surface area contributed by atoms with Gasteiger partial charge in [-0.3, -0.25) is 19.3 Å². The van der Waals surface area contributed by atoms with Gasteiger partial charge in [-0.05, 0) is 32.4 Å². The first-order valence-electron chi connectivity index (χ1n) is 9.13. The highest BCUT2D eigenvalue weighted by molar-refractivity contribution is 6.07. The number of nitrogens with one attached hydrogen (secondary N) is 1. The second-order valence-electron chi connectivity index (χ2n) is 6.85. The number of aromatic nitrogens is 4. The standard InChI is InChI=1S/C19H20N6O4/c1-10-7-12(3-5-21-10)19-23-14(9-29-19)18(27)22-13-8-25(24-16(13)17(20)26)15-4-6-28-11(15)2/h3,5,7-9,11,15H,4,6H2,1-2H3,(H2,20,26)(H,22,27)/t11-,15+/m1/s1. The Bertz CT molecular complexity index is 1070. The SMILES string of the molecule is Cc1cc(-c2nc(C(=O)Nc3cn([C@H]4CCO[C@@H]4C)nc3C(N)=O)co2)ccn1. The number of aryl methyl sites for hydroxylation is 1. The minimum atomic E-state index is -0.737. The molecule has 0 radical (unpaired) electrons. The summed E-state index contributed by atoms with van der Waals surface area (Å²) in [5.74, 6) is -0.981. The van der Waals surface area contributed by atoms with Crippen molar-refractivity contribution in [1.82, 2.24) is 19.7 Å². The molecule has 0 spiro atoms. The van der Waals surface area contributed by atoms with Crippen molar-refractivity contribution in [3.63, 3.8) is 0 Å². The number of hydrogen-bond acceptors (Lipinski definition) is 7. The normalized spacial score (nSPS) is 18.7. The van der Waals surface area contributed by atoms with E-state index in [-0.39, 0.29) is 29.2 Å². The zero-order chi connectivity index (χ0) is 20.5. The van der Waals surface area contributed by atoms with Crippen molar-refractivity contribution in [2.45, 2.75) is 32.4 Å². The molecule has 2 atom stereocenters. The predicted octanol–water partition coefficient (Wildman–Crippen LogP) is 1.94. The Hall–Kier alpha value is -3.53. The van der Waals surface area contributed by atoms with Crippen molar-refractivity contribution in [2.24, 2.45) is 5.73 Å². The third-order valence-corrected chi connectivity index (χ3v) is 4.77. The van der Waals surface area contributed by atoms with Gasteiger partial charge in [-0.1, -0.05) is 0 Å². The van der Waals surface area contributed by atoms with Gasteiger partial charge in [0.1, 0.15) is 6.26 Å². The zero-order valence-electron chi connectivity index (χ0n) is 16.0. The van der Waals surface area contributed by atoms with Crippen LogP contribution in [0.15, 0.2) is 35.2 Å². The molecule has 0 bridgehead atoms. The van der Waals surface area contributed by atoms with Crippen LogP contribution in [0.25, 0.3) is 11.5 Å². The van der Waals surface area contributed by atoms with E-state index < -0.39 is 11.8 Å². The lowest BCUT2D eigenvalue weighted by Gasteiger charge is -2.13. The van der Waals surface area contributed by atoms with Gasteiger partial charge in [-0.2, -0.15) is 5.10 Å². The van der Waals surface area contributed by atoms with Gasteiger partial charge in [0.05, 0.1) is 17.8 Å². The molecule has 10 nitrogen and oxygen atoms in total. The summed E-state index contributed by atoms with van der Waals surface area (Å²) in [6.45, 7) is 4.38. The molecule has 4 rings (SSSR count). The van der Waals surface area contributed by atoms with E-state index in [1.54, 1.807) is 29.2 Å². The van der Waals surface area contributed by atoms with Crippen molar-refractivity contribution >= 4 is 17.5 Å². The number of carbonyl (C=O) groups is 2. The largest absolute Gasteiger partial charge is 0.444 e. The molecule has 3 aromatic heterocycles.